The third-order valence-corrected chi connectivity index (χ3v) is 7.90. The summed E-state index contributed by atoms with van der Waals surface area (Å²) in [5.74, 6) is 2.46. The molecule has 3 heteroatoms. The van der Waals surface area contributed by atoms with Gasteiger partial charge in [-0.25, -0.2) is 0 Å². The lowest BCUT2D eigenvalue weighted by Gasteiger charge is -2.37. The number of benzene rings is 4. The van der Waals surface area contributed by atoms with Crippen LogP contribution in [-0.4, -0.2) is 17.3 Å². The molecule has 0 spiro atoms. The zero-order valence-electron chi connectivity index (χ0n) is 22.3. The standard InChI is InChI=1S/C34H36O3/c1-23-24(2)33-30(25(3)32(23)35)19-20-34(4,37-33)22-36-29-17-15-26(16-18-29)21-31(27-11-7-5-8-12-27)28-13-9-6-10-14-28/h5-18,31,35H,19-22H2,1-4H3. The van der Waals surface area contributed by atoms with Crippen LogP contribution in [0.1, 0.15) is 58.2 Å². The molecular formula is C34H36O3. The fraction of sp³-hybridized carbons (Fsp3) is 0.294. The molecule has 4 aromatic carbocycles. The molecule has 0 amide bonds. The molecule has 0 aromatic heterocycles. The van der Waals surface area contributed by atoms with Crippen LogP contribution in [0.5, 0.6) is 17.2 Å². The number of hydrogen-bond donors (Lipinski definition) is 1. The summed E-state index contributed by atoms with van der Waals surface area (Å²) >= 11 is 0. The van der Waals surface area contributed by atoms with E-state index in [1.807, 2.05) is 20.8 Å². The minimum atomic E-state index is -0.419. The minimum Gasteiger partial charge on any atom is -0.507 e. The van der Waals surface area contributed by atoms with Crippen molar-refractivity contribution in [3.63, 3.8) is 0 Å². The molecule has 37 heavy (non-hydrogen) atoms. The van der Waals surface area contributed by atoms with Crippen LogP contribution in [0.15, 0.2) is 84.9 Å². The number of hydrogen-bond acceptors (Lipinski definition) is 3. The second kappa shape index (κ2) is 10.3. The van der Waals surface area contributed by atoms with Crippen LogP contribution in [0.25, 0.3) is 0 Å². The zero-order chi connectivity index (χ0) is 26.0. The third kappa shape index (κ3) is 5.22. The molecule has 1 aliphatic heterocycles. The van der Waals surface area contributed by atoms with Crippen LogP contribution >= 0.6 is 0 Å². The first-order chi connectivity index (χ1) is 17.8. The lowest BCUT2D eigenvalue weighted by atomic mass is 9.86. The van der Waals surface area contributed by atoms with Crippen LogP contribution in [0, 0.1) is 20.8 Å². The molecule has 0 radical (unpaired) electrons. The molecule has 0 saturated carbocycles. The molecule has 1 heterocycles. The topological polar surface area (TPSA) is 38.7 Å². The summed E-state index contributed by atoms with van der Waals surface area (Å²) in [5, 5.41) is 10.5. The Morgan fingerprint density at radius 1 is 0.811 bits per heavy atom. The van der Waals surface area contributed by atoms with Gasteiger partial charge in [-0.2, -0.15) is 0 Å². The van der Waals surface area contributed by atoms with E-state index < -0.39 is 5.60 Å². The maximum Gasteiger partial charge on any atom is 0.140 e. The first-order valence-corrected chi connectivity index (χ1v) is 13.2. The quantitative estimate of drug-likeness (QED) is 0.285. The Balaban J connectivity index is 1.28. The van der Waals surface area contributed by atoms with Crippen molar-refractivity contribution in [2.45, 2.75) is 58.5 Å². The fourth-order valence-corrected chi connectivity index (χ4v) is 5.39. The van der Waals surface area contributed by atoms with E-state index in [1.165, 1.54) is 16.7 Å². The molecular weight excluding hydrogens is 456 g/mol. The monoisotopic (exact) mass is 492 g/mol. The van der Waals surface area contributed by atoms with Gasteiger partial charge in [-0.1, -0.05) is 72.8 Å². The van der Waals surface area contributed by atoms with Crippen LogP contribution in [0.4, 0.5) is 0 Å². The first-order valence-electron chi connectivity index (χ1n) is 13.2. The Morgan fingerprint density at radius 3 is 2.00 bits per heavy atom. The highest BCUT2D eigenvalue weighted by Gasteiger charge is 2.35. The summed E-state index contributed by atoms with van der Waals surface area (Å²) in [7, 11) is 0. The van der Waals surface area contributed by atoms with Crippen molar-refractivity contribution in [2.75, 3.05) is 6.61 Å². The van der Waals surface area contributed by atoms with Crippen molar-refractivity contribution in [1.82, 2.24) is 0 Å². The van der Waals surface area contributed by atoms with Crippen LogP contribution in [0.3, 0.4) is 0 Å². The van der Waals surface area contributed by atoms with E-state index in [1.54, 1.807) is 0 Å². The largest absolute Gasteiger partial charge is 0.507 e. The average molecular weight is 493 g/mol. The highest BCUT2D eigenvalue weighted by atomic mass is 16.5. The number of ether oxygens (including phenoxy) is 2. The van der Waals surface area contributed by atoms with Crippen molar-refractivity contribution in [2.24, 2.45) is 0 Å². The highest BCUT2D eigenvalue weighted by Crippen LogP contribution is 2.43. The van der Waals surface area contributed by atoms with Crippen LogP contribution < -0.4 is 9.47 Å². The van der Waals surface area contributed by atoms with Gasteiger partial charge < -0.3 is 14.6 Å². The molecule has 0 aliphatic carbocycles. The van der Waals surface area contributed by atoms with Crippen molar-refractivity contribution in [3.05, 3.63) is 124 Å². The van der Waals surface area contributed by atoms with E-state index in [2.05, 4.69) is 91.9 Å². The molecule has 5 rings (SSSR count). The molecule has 0 saturated heterocycles. The van der Waals surface area contributed by atoms with E-state index >= 15 is 0 Å². The summed E-state index contributed by atoms with van der Waals surface area (Å²) in [6.45, 7) is 8.54. The molecule has 1 N–H and O–H groups in total. The van der Waals surface area contributed by atoms with Gasteiger partial charge in [0.2, 0.25) is 0 Å². The predicted octanol–water partition coefficient (Wildman–Crippen LogP) is 7.85. The van der Waals surface area contributed by atoms with E-state index in [0.29, 0.717) is 18.3 Å². The lowest BCUT2D eigenvalue weighted by Crippen LogP contribution is -2.42. The SMILES string of the molecule is Cc1c(C)c2c(c(C)c1O)CCC(C)(COc1ccc(CC(c3ccccc3)c3ccccc3)cc1)O2. The van der Waals surface area contributed by atoms with Crippen molar-refractivity contribution >= 4 is 0 Å². The summed E-state index contributed by atoms with van der Waals surface area (Å²) in [6.07, 6.45) is 2.64. The normalized spacial score (nSPS) is 16.8. The van der Waals surface area contributed by atoms with Gasteiger partial charge in [0, 0.05) is 11.5 Å². The Morgan fingerprint density at radius 2 is 1.41 bits per heavy atom. The van der Waals surface area contributed by atoms with E-state index in [9.17, 15) is 5.11 Å². The third-order valence-electron chi connectivity index (χ3n) is 7.90. The van der Waals surface area contributed by atoms with Gasteiger partial charge in [0.05, 0.1) is 0 Å². The van der Waals surface area contributed by atoms with Gasteiger partial charge in [-0.05, 0) is 92.5 Å². The Kier molecular flexibility index (Phi) is 6.97. The Bertz CT molecular complexity index is 1320. The van der Waals surface area contributed by atoms with Gasteiger partial charge in [0.1, 0.15) is 29.5 Å². The zero-order valence-corrected chi connectivity index (χ0v) is 22.3. The van der Waals surface area contributed by atoms with Gasteiger partial charge >= 0.3 is 0 Å². The molecule has 0 fully saturated rings. The van der Waals surface area contributed by atoms with E-state index in [-0.39, 0.29) is 0 Å². The lowest BCUT2D eigenvalue weighted by molar-refractivity contribution is 0.0166. The maximum absolute atomic E-state index is 10.5. The molecule has 1 aliphatic rings. The summed E-state index contributed by atoms with van der Waals surface area (Å²) in [4.78, 5) is 0. The van der Waals surface area contributed by atoms with Crippen LogP contribution in [-0.2, 0) is 12.8 Å². The molecule has 4 aromatic rings. The number of aromatic hydroxyl groups is 1. The number of rotatable bonds is 7. The second-order valence-corrected chi connectivity index (χ2v) is 10.6. The summed E-state index contributed by atoms with van der Waals surface area (Å²) < 4.78 is 12.8. The smallest absolute Gasteiger partial charge is 0.140 e. The van der Waals surface area contributed by atoms with Gasteiger partial charge in [0.15, 0.2) is 0 Å². The fourth-order valence-electron chi connectivity index (χ4n) is 5.39. The van der Waals surface area contributed by atoms with E-state index in [4.69, 9.17) is 9.47 Å². The van der Waals surface area contributed by atoms with Gasteiger partial charge in [0.25, 0.3) is 0 Å². The van der Waals surface area contributed by atoms with Gasteiger partial charge in [-0.15, -0.1) is 0 Å². The molecule has 1 unspecified atom stereocenters. The summed E-state index contributed by atoms with van der Waals surface area (Å²) in [5.41, 5.74) is 7.46. The number of fused-ring (bicyclic) bond motifs is 1. The maximum atomic E-state index is 10.5. The molecule has 3 nitrogen and oxygen atoms in total. The van der Waals surface area contributed by atoms with Crippen LogP contribution in [0.2, 0.25) is 0 Å². The number of phenolic OH excluding ortho intramolecular Hbond substituents is 1. The van der Waals surface area contributed by atoms with Crippen molar-refractivity contribution in [3.8, 4) is 17.2 Å². The van der Waals surface area contributed by atoms with Gasteiger partial charge in [-0.3, -0.25) is 0 Å². The Hall–Kier alpha value is -3.72. The van der Waals surface area contributed by atoms with E-state index in [0.717, 1.165) is 53.0 Å². The number of phenols is 1. The Labute approximate surface area is 220 Å². The first kappa shape index (κ1) is 25.0. The predicted molar refractivity (Wildman–Crippen MR) is 150 cm³/mol. The van der Waals surface area contributed by atoms with Crippen molar-refractivity contribution < 1.29 is 14.6 Å². The highest BCUT2D eigenvalue weighted by molar-refractivity contribution is 5.58. The molecule has 0 bridgehead atoms. The summed E-state index contributed by atoms with van der Waals surface area (Å²) in [6, 6.07) is 29.9. The average Bonchev–Trinajstić information content (AvgIpc) is 2.94. The second-order valence-electron chi connectivity index (χ2n) is 10.6. The minimum absolute atomic E-state index is 0.304. The van der Waals surface area contributed by atoms with Crippen molar-refractivity contribution in [1.29, 1.82) is 0 Å². The molecule has 1 atom stereocenters. The molecule has 190 valence electrons.